The molecule has 1 fully saturated rings. The first-order chi connectivity index (χ1) is 8.76. The molecule has 0 spiro atoms. The summed E-state index contributed by atoms with van der Waals surface area (Å²) < 4.78 is 5.18. The summed E-state index contributed by atoms with van der Waals surface area (Å²) in [6.07, 6.45) is 0.896. The zero-order chi connectivity index (χ0) is 13.0. The monoisotopic (exact) mass is 262 g/mol. The van der Waals surface area contributed by atoms with E-state index in [1.807, 2.05) is 0 Å². The lowest BCUT2D eigenvalue weighted by atomic mass is 10.1. The summed E-state index contributed by atoms with van der Waals surface area (Å²) in [6, 6.07) is 7.21. The molecule has 1 aromatic carbocycles. The maximum Gasteiger partial charge on any atom is 0.228 e. The number of carbonyl (C=O) groups excluding carboxylic acids is 1. The number of nitrogens with one attached hydrogen (secondary N) is 1. The van der Waals surface area contributed by atoms with Crippen LogP contribution in [0.15, 0.2) is 18.2 Å². The number of hydrogen-bond donors (Lipinski definition) is 1. The van der Waals surface area contributed by atoms with Gasteiger partial charge in [-0.15, -0.1) is 0 Å². The highest BCUT2D eigenvalue weighted by Crippen LogP contribution is 2.30. The van der Waals surface area contributed by atoms with Gasteiger partial charge in [-0.2, -0.15) is 17.0 Å². The van der Waals surface area contributed by atoms with Crippen molar-refractivity contribution in [1.29, 1.82) is 5.26 Å². The number of methoxy groups -OCH3 is 1. The number of hydrogen-bond acceptors (Lipinski definition) is 4. The Hall–Kier alpha value is -1.67. The van der Waals surface area contributed by atoms with Gasteiger partial charge in [0, 0.05) is 11.7 Å². The standard InChI is InChI=1S/C13H14N2O2S/c1-17-11-4-2-3-9(7-14)12(11)15-13(16)10-5-6-18-8-10/h2-4,10H,5-6,8H2,1H3,(H,15,16). The molecule has 4 nitrogen and oxygen atoms in total. The minimum atomic E-state index is -0.0269. The molecule has 1 unspecified atom stereocenters. The third-order valence-corrected chi connectivity index (χ3v) is 4.08. The summed E-state index contributed by atoms with van der Waals surface area (Å²) in [5.41, 5.74) is 0.901. The molecule has 5 heteroatoms. The summed E-state index contributed by atoms with van der Waals surface area (Å²) in [5, 5.41) is 11.9. The molecule has 1 amide bonds. The average molecular weight is 262 g/mol. The van der Waals surface area contributed by atoms with Crippen LogP contribution in [0.25, 0.3) is 0 Å². The van der Waals surface area contributed by atoms with Crippen molar-refractivity contribution in [2.45, 2.75) is 6.42 Å². The minimum absolute atomic E-state index is 0.0269. The summed E-state index contributed by atoms with van der Waals surface area (Å²) >= 11 is 1.78. The number of benzene rings is 1. The highest BCUT2D eigenvalue weighted by Gasteiger charge is 2.24. The predicted octanol–water partition coefficient (Wildman–Crippen LogP) is 2.26. The number of nitriles is 1. The summed E-state index contributed by atoms with van der Waals surface area (Å²) in [6.45, 7) is 0. The molecule has 1 saturated heterocycles. The summed E-state index contributed by atoms with van der Waals surface area (Å²) in [5.74, 6) is 2.40. The molecular formula is C13H14N2O2S. The number of anilines is 1. The third-order valence-electron chi connectivity index (χ3n) is 2.92. The minimum Gasteiger partial charge on any atom is -0.495 e. The van der Waals surface area contributed by atoms with Gasteiger partial charge in [-0.05, 0) is 24.3 Å². The van der Waals surface area contributed by atoms with Gasteiger partial charge in [-0.3, -0.25) is 4.79 Å². The number of carbonyl (C=O) groups is 1. The molecule has 0 bridgehead atoms. The van der Waals surface area contributed by atoms with Crippen LogP contribution in [0.1, 0.15) is 12.0 Å². The zero-order valence-corrected chi connectivity index (χ0v) is 10.9. The Kier molecular flexibility index (Phi) is 4.11. The predicted molar refractivity (Wildman–Crippen MR) is 71.8 cm³/mol. The van der Waals surface area contributed by atoms with Crippen molar-refractivity contribution in [2.75, 3.05) is 23.9 Å². The van der Waals surface area contributed by atoms with E-state index in [4.69, 9.17) is 10.00 Å². The smallest absolute Gasteiger partial charge is 0.228 e. The molecule has 1 aromatic rings. The average Bonchev–Trinajstić information content (AvgIpc) is 2.93. The van der Waals surface area contributed by atoms with Gasteiger partial charge in [0.05, 0.1) is 12.7 Å². The molecule has 94 valence electrons. The Balaban J connectivity index is 2.22. The van der Waals surface area contributed by atoms with Crippen LogP contribution in [0.4, 0.5) is 5.69 Å². The maximum absolute atomic E-state index is 12.1. The fraction of sp³-hybridized carbons (Fsp3) is 0.385. The van der Waals surface area contributed by atoms with E-state index < -0.39 is 0 Å². The van der Waals surface area contributed by atoms with Crippen molar-refractivity contribution in [2.24, 2.45) is 5.92 Å². The third kappa shape index (κ3) is 2.59. The fourth-order valence-corrected chi connectivity index (χ4v) is 3.11. The molecule has 1 atom stereocenters. The van der Waals surface area contributed by atoms with Gasteiger partial charge in [-0.25, -0.2) is 0 Å². The molecule has 0 aromatic heterocycles. The van der Waals surface area contributed by atoms with Gasteiger partial charge in [0.15, 0.2) is 0 Å². The Bertz CT molecular complexity index is 490. The molecule has 18 heavy (non-hydrogen) atoms. The van der Waals surface area contributed by atoms with Crippen LogP contribution in [0, 0.1) is 17.2 Å². The quantitative estimate of drug-likeness (QED) is 0.907. The van der Waals surface area contributed by atoms with Gasteiger partial charge >= 0.3 is 0 Å². The van der Waals surface area contributed by atoms with Crippen LogP contribution in [-0.4, -0.2) is 24.5 Å². The number of ether oxygens (including phenoxy) is 1. The molecule has 2 rings (SSSR count). The molecule has 0 saturated carbocycles. The van der Waals surface area contributed by atoms with Gasteiger partial charge in [-0.1, -0.05) is 6.07 Å². The first-order valence-electron chi connectivity index (χ1n) is 5.72. The highest BCUT2D eigenvalue weighted by molar-refractivity contribution is 7.99. The van der Waals surface area contributed by atoms with Crippen LogP contribution in [-0.2, 0) is 4.79 Å². The molecule has 1 aliphatic rings. The number of para-hydroxylation sites is 1. The van der Waals surface area contributed by atoms with Crippen molar-refractivity contribution < 1.29 is 9.53 Å². The second kappa shape index (κ2) is 5.78. The number of rotatable bonds is 3. The van der Waals surface area contributed by atoms with E-state index in [0.29, 0.717) is 17.0 Å². The van der Waals surface area contributed by atoms with Crippen LogP contribution in [0.3, 0.4) is 0 Å². The Morgan fingerprint density at radius 1 is 1.61 bits per heavy atom. The zero-order valence-electron chi connectivity index (χ0n) is 10.1. The van der Waals surface area contributed by atoms with Crippen molar-refractivity contribution in [3.05, 3.63) is 23.8 Å². The Morgan fingerprint density at radius 2 is 2.44 bits per heavy atom. The van der Waals surface area contributed by atoms with E-state index in [9.17, 15) is 4.79 Å². The SMILES string of the molecule is COc1cccc(C#N)c1NC(=O)C1CCSC1. The van der Waals surface area contributed by atoms with Gasteiger partial charge in [0.2, 0.25) is 5.91 Å². The second-order valence-corrected chi connectivity index (χ2v) is 5.19. The van der Waals surface area contributed by atoms with Crippen molar-refractivity contribution in [3.63, 3.8) is 0 Å². The van der Waals surface area contributed by atoms with Crippen LogP contribution < -0.4 is 10.1 Å². The van der Waals surface area contributed by atoms with Crippen LogP contribution in [0.2, 0.25) is 0 Å². The maximum atomic E-state index is 12.1. The number of thioether (sulfide) groups is 1. The summed E-state index contributed by atoms with van der Waals surface area (Å²) in [7, 11) is 1.53. The second-order valence-electron chi connectivity index (χ2n) is 4.04. The lowest BCUT2D eigenvalue weighted by molar-refractivity contribution is -0.119. The summed E-state index contributed by atoms with van der Waals surface area (Å²) in [4.78, 5) is 12.1. The first-order valence-corrected chi connectivity index (χ1v) is 6.87. The van der Waals surface area contributed by atoms with E-state index in [-0.39, 0.29) is 11.8 Å². The van der Waals surface area contributed by atoms with E-state index in [0.717, 1.165) is 17.9 Å². The van der Waals surface area contributed by atoms with Gasteiger partial charge in [0.1, 0.15) is 17.5 Å². The van der Waals surface area contributed by atoms with E-state index in [2.05, 4.69) is 11.4 Å². The number of amides is 1. The van der Waals surface area contributed by atoms with Gasteiger partial charge < -0.3 is 10.1 Å². The van der Waals surface area contributed by atoms with Crippen molar-refractivity contribution in [3.8, 4) is 11.8 Å². The molecular weight excluding hydrogens is 248 g/mol. The van der Waals surface area contributed by atoms with Crippen molar-refractivity contribution in [1.82, 2.24) is 0 Å². The van der Waals surface area contributed by atoms with Gasteiger partial charge in [0.25, 0.3) is 0 Å². The Labute approximate surface area is 110 Å². The number of nitrogens with zero attached hydrogens (tertiary/aromatic N) is 1. The molecule has 0 aliphatic carbocycles. The lowest BCUT2D eigenvalue weighted by Gasteiger charge is -2.14. The van der Waals surface area contributed by atoms with E-state index in [1.54, 1.807) is 30.0 Å². The topological polar surface area (TPSA) is 62.1 Å². The molecule has 1 N–H and O–H groups in total. The lowest BCUT2D eigenvalue weighted by Crippen LogP contribution is -2.23. The Morgan fingerprint density at radius 3 is 3.06 bits per heavy atom. The first kappa shape index (κ1) is 12.8. The van der Waals surface area contributed by atoms with Crippen LogP contribution >= 0.6 is 11.8 Å². The fourth-order valence-electron chi connectivity index (χ4n) is 1.89. The highest BCUT2D eigenvalue weighted by atomic mass is 32.2. The van der Waals surface area contributed by atoms with E-state index >= 15 is 0 Å². The van der Waals surface area contributed by atoms with Crippen molar-refractivity contribution >= 4 is 23.4 Å². The van der Waals surface area contributed by atoms with Crippen LogP contribution in [0.5, 0.6) is 5.75 Å². The molecule has 0 radical (unpaired) electrons. The largest absolute Gasteiger partial charge is 0.495 e. The van der Waals surface area contributed by atoms with E-state index in [1.165, 1.54) is 7.11 Å². The molecule has 1 aliphatic heterocycles. The molecule has 1 heterocycles. The normalized spacial score (nSPS) is 18.1.